The van der Waals surface area contributed by atoms with Crippen molar-refractivity contribution in [2.24, 2.45) is 35.5 Å². The fourth-order valence-electron chi connectivity index (χ4n) is 10.2. The Morgan fingerprint density at radius 2 is 0.778 bits per heavy atom. The van der Waals surface area contributed by atoms with E-state index in [2.05, 4.69) is 34.2 Å². The second-order valence-corrected chi connectivity index (χ2v) is 17.1. The van der Waals surface area contributed by atoms with Crippen LogP contribution in [0.1, 0.15) is 128 Å². The highest BCUT2D eigenvalue weighted by Gasteiger charge is 2.46. The minimum atomic E-state index is 0.795. The standard InChI is InChI=1S/C32H54N2S2/c1-3-8-21(9-4-1)31-33-27-16-14-25(19-29(27)35-31)23-12-7-13-24(18-23)26-15-17-28-30(20-26)36-32(34-28)22-10-5-2-6-11-22/h21-34H,1-20H2. The number of hydrogen-bond acceptors (Lipinski definition) is 4. The van der Waals surface area contributed by atoms with Crippen LogP contribution in [0.25, 0.3) is 0 Å². The number of hydrogen-bond donors (Lipinski definition) is 2. The third-order valence-electron chi connectivity index (χ3n) is 12.3. The molecule has 0 aromatic carbocycles. The van der Waals surface area contributed by atoms with Crippen molar-refractivity contribution in [1.82, 2.24) is 10.6 Å². The van der Waals surface area contributed by atoms with Crippen LogP contribution in [0.2, 0.25) is 0 Å². The highest BCUT2D eigenvalue weighted by atomic mass is 32.2. The molecular weight excluding hydrogens is 477 g/mol. The van der Waals surface area contributed by atoms with Gasteiger partial charge in [-0.05, 0) is 106 Å². The Morgan fingerprint density at radius 3 is 1.25 bits per heavy atom. The lowest BCUT2D eigenvalue weighted by atomic mass is 9.65. The fourth-order valence-corrected chi connectivity index (χ4v) is 14.0. The van der Waals surface area contributed by atoms with Gasteiger partial charge in [0.25, 0.3) is 0 Å². The van der Waals surface area contributed by atoms with Crippen LogP contribution >= 0.6 is 23.5 Å². The molecule has 5 aliphatic carbocycles. The van der Waals surface area contributed by atoms with Gasteiger partial charge in [0.05, 0.1) is 10.7 Å². The molecule has 2 heterocycles. The summed E-state index contributed by atoms with van der Waals surface area (Å²) in [5.41, 5.74) is 0. The Kier molecular flexibility index (Phi) is 8.25. The predicted molar refractivity (Wildman–Crippen MR) is 157 cm³/mol. The molecule has 5 saturated carbocycles. The average Bonchev–Trinajstić information content (AvgIpc) is 3.58. The normalized spacial score (nSPS) is 49.0. The number of thioether (sulfide) groups is 2. The van der Waals surface area contributed by atoms with E-state index in [9.17, 15) is 0 Å². The van der Waals surface area contributed by atoms with Crippen molar-refractivity contribution in [3.8, 4) is 0 Å². The lowest BCUT2D eigenvalue weighted by Gasteiger charge is -2.43. The number of rotatable bonds is 4. The van der Waals surface area contributed by atoms with Gasteiger partial charge in [-0.15, -0.1) is 23.5 Å². The molecule has 2 aliphatic heterocycles. The monoisotopic (exact) mass is 530 g/mol. The summed E-state index contributed by atoms with van der Waals surface area (Å²) in [5, 5.41) is 11.8. The van der Waals surface area contributed by atoms with Crippen LogP contribution in [0.4, 0.5) is 0 Å². The molecule has 7 rings (SSSR count). The molecule has 4 heteroatoms. The molecule has 0 radical (unpaired) electrons. The second kappa shape index (κ2) is 11.6. The van der Waals surface area contributed by atoms with Crippen LogP contribution in [0.15, 0.2) is 0 Å². The van der Waals surface area contributed by atoms with E-state index in [-0.39, 0.29) is 0 Å². The van der Waals surface area contributed by atoms with E-state index >= 15 is 0 Å². The third-order valence-corrected chi connectivity index (χ3v) is 15.7. The van der Waals surface area contributed by atoms with Gasteiger partial charge in [-0.3, -0.25) is 0 Å². The number of nitrogens with one attached hydrogen (secondary N) is 2. The minimum Gasteiger partial charge on any atom is -0.301 e. The van der Waals surface area contributed by atoms with Crippen molar-refractivity contribution < 1.29 is 0 Å². The van der Waals surface area contributed by atoms with Crippen LogP contribution in [0, 0.1) is 35.5 Å². The Labute approximate surface area is 230 Å². The first-order valence-electron chi connectivity index (χ1n) is 16.6. The number of fused-ring (bicyclic) bond motifs is 2. The van der Waals surface area contributed by atoms with Gasteiger partial charge >= 0.3 is 0 Å². The molecule has 2 saturated heterocycles. The van der Waals surface area contributed by atoms with Crippen LogP contribution in [0.3, 0.4) is 0 Å². The van der Waals surface area contributed by atoms with Gasteiger partial charge in [-0.2, -0.15) is 0 Å². The van der Waals surface area contributed by atoms with Crippen molar-refractivity contribution in [1.29, 1.82) is 0 Å². The molecule has 7 aliphatic rings. The first-order valence-corrected chi connectivity index (χ1v) is 18.5. The summed E-state index contributed by atoms with van der Waals surface area (Å²) in [4.78, 5) is 0. The van der Waals surface area contributed by atoms with Crippen LogP contribution < -0.4 is 10.6 Å². The summed E-state index contributed by atoms with van der Waals surface area (Å²) in [7, 11) is 0. The van der Waals surface area contributed by atoms with Crippen LogP contribution in [0.5, 0.6) is 0 Å². The summed E-state index contributed by atoms with van der Waals surface area (Å²) >= 11 is 4.80. The largest absolute Gasteiger partial charge is 0.301 e. The maximum atomic E-state index is 4.15. The molecule has 204 valence electrons. The maximum Gasteiger partial charge on any atom is 0.0566 e. The first-order chi connectivity index (χ1) is 17.8. The molecule has 7 fully saturated rings. The Balaban J connectivity index is 0.915. The van der Waals surface area contributed by atoms with Gasteiger partial charge < -0.3 is 10.6 Å². The molecule has 0 aromatic rings. The molecule has 0 aromatic heterocycles. The molecule has 10 atom stereocenters. The molecular formula is C32H54N2S2. The lowest BCUT2D eigenvalue weighted by molar-refractivity contribution is 0.105. The fraction of sp³-hybridized carbons (Fsp3) is 1.00. The Morgan fingerprint density at radius 1 is 0.361 bits per heavy atom. The molecule has 36 heavy (non-hydrogen) atoms. The maximum absolute atomic E-state index is 4.15. The molecule has 0 amide bonds. The summed E-state index contributed by atoms with van der Waals surface area (Å²) < 4.78 is 0. The molecule has 10 unspecified atom stereocenters. The quantitative estimate of drug-likeness (QED) is 0.381. The molecule has 2 nitrogen and oxygen atoms in total. The SMILES string of the molecule is C1CCC(C2NC3CCC(C4CCCC(C5CCC6NC(C7CCCCC7)SC6C5)C4)CC3S2)CC1. The van der Waals surface area contributed by atoms with Crippen LogP contribution in [-0.4, -0.2) is 33.3 Å². The lowest BCUT2D eigenvalue weighted by Crippen LogP contribution is -2.42. The van der Waals surface area contributed by atoms with Gasteiger partial charge in [0.1, 0.15) is 0 Å². The van der Waals surface area contributed by atoms with Gasteiger partial charge in [-0.1, -0.05) is 57.8 Å². The highest BCUT2D eigenvalue weighted by molar-refractivity contribution is 8.01. The van der Waals surface area contributed by atoms with Gasteiger partial charge in [0, 0.05) is 22.6 Å². The zero-order chi connectivity index (χ0) is 23.9. The smallest absolute Gasteiger partial charge is 0.0566 e. The summed E-state index contributed by atoms with van der Waals surface area (Å²) in [6.45, 7) is 0. The molecule has 2 N–H and O–H groups in total. The Hall–Kier alpha value is 0.620. The minimum absolute atomic E-state index is 0.795. The van der Waals surface area contributed by atoms with Crippen molar-refractivity contribution >= 4 is 23.5 Å². The second-order valence-electron chi connectivity index (χ2n) is 14.4. The van der Waals surface area contributed by atoms with E-state index in [1.54, 1.807) is 32.1 Å². The summed E-state index contributed by atoms with van der Waals surface area (Å²) in [6.07, 6.45) is 30.3. The van der Waals surface area contributed by atoms with E-state index in [0.29, 0.717) is 0 Å². The average molecular weight is 531 g/mol. The Bertz CT molecular complexity index is 661. The van der Waals surface area contributed by atoms with E-state index in [4.69, 9.17) is 0 Å². The van der Waals surface area contributed by atoms with Crippen molar-refractivity contribution in [3.63, 3.8) is 0 Å². The van der Waals surface area contributed by atoms with Gasteiger partial charge in [0.2, 0.25) is 0 Å². The zero-order valence-corrected chi connectivity index (χ0v) is 24.5. The summed E-state index contributed by atoms with van der Waals surface area (Å²) in [5.74, 6) is 6.15. The zero-order valence-electron chi connectivity index (χ0n) is 22.9. The van der Waals surface area contributed by atoms with Crippen LogP contribution in [-0.2, 0) is 0 Å². The highest BCUT2D eigenvalue weighted by Crippen LogP contribution is 2.52. The predicted octanol–water partition coefficient (Wildman–Crippen LogP) is 8.35. The topological polar surface area (TPSA) is 24.1 Å². The van der Waals surface area contributed by atoms with Crippen molar-refractivity contribution in [2.45, 2.75) is 162 Å². The van der Waals surface area contributed by atoms with Crippen molar-refractivity contribution in [3.05, 3.63) is 0 Å². The molecule has 0 spiro atoms. The van der Waals surface area contributed by atoms with Gasteiger partial charge in [0.15, 0.2) is 0 Å². The van der Waals surface area contributed by atoms with Crippen molar-refractivity contribution in [2.75, 3.05) is 0 Å². The van der Waals surface area contributed by atoms with E-state index in [0.717, 1.165) is 68.8 Å². The van der Waals surface area contributed by atoms with E-state index < -0.39 is 0 Å². The first kappa shape index (κ1) is 25.6. The molecule has 0 bridgehead atoms. The third kappa shape index (κ3) is 5.46. The van der Waals surface area contributed by atoms with E-state index in [1.807, 2.05) is 0 Å². The van der Waals surface area contributed by atoms with E-state index in [1.165, 1.54) is 96.3 Å². The van der Waals surface area contributed by atoms with Gasteiger partial charge in [-0.25, -0.2) is 0 Å². The summed E-state index contributed by atoms with van der Waals surface area (Å²) in [6, 6.07) is 1.69.